The lowest BCUT2D eigenvalue weighted by Crippen LogP contribution is -2.33. The molecule has 4 nitrogen and oxygen atoms in total. The quantitative estimate of drug-likeness (QED) is 0.867. The number of fused-ring (bicyclic) bond motifs is 1. The minimum atomic E-state index is 0.172. The molecular weight excluding hydrogens is 262 g/mol. The number of hydrogen-bond donors (Lipinski definition) is 0. The minimum absolute atomic E-state index is 0.172. The number of carbonyl (C=O) groups excluding carboxylic acids is 1. The molecule has 0 saturated carbocycles. The molecule has 0 aliphatic carbocycles. The molecule has 110 valence electrons. The summed E-state index contributed by atoms with van der Waals surface area (Å²) in [5.41, 5.74) is 4.30. The van der Waals surface area contributed by atoms with Crippen LogP contribution in [0.25, 0.3) is 5.69 Å². The molecule has 1 aliphatic rings. The largest absolute Gasteiger partial charge is 0.309 e. The average Bonchev–Trinajstić information content (AvgIpc) is 3.00. The van der Waals surface area contributed by atoms with E-state index in [1.54, 1.807) is 0 Å². The first-order valence-electron chi connectivity index (χ1n) is 7.49. The normalized spacial score (nSPS) is 14.4. The summed E-state index contributed by atoms with van der Waals surface area (Å²) in [6.07, 6.45) is 2.28. The van der Waals surface area contributed by atoms with Gasteiger partial charge in [-0.2, -0.15) is 5.10 Å². The van der Waals surface area contributed by atoms with Crippen molar-refractivity contribution in [3.05, 3.63) is 41.7 Å². The van der Waals surface area contributed by atoms with Crippen molar-refractivity contribution in [1.82, 2.24) is 9.78 Å². The zero-order valence-corrected chi connectivity index (χ0v) is 13.0. The minimum Gasteiger partial charge on any atom is -0.309 e. The van der Waals surface area contributed by atoms with Gasteiger partial charge in [-0.3, -0.25) is 4.79 Å². The average molecular weight is 283 g/mol. The van der Waals surface area contributed by atoms with Gasteiger partial charge in [0, 0.05) is 29.2 Å². The second-order valence-corrected chi connectivity index (χ2v) is 6.13. The predicted octanol–water partition coefficient (Wildman–Crippen LogP) is 3.29. The fourth-order valence-electron chi connectivity index (χ4n) is 3.06. The number of benzene rings is 1. The Labute approximate surface area is 125 Å². The molecule has 0 radical (unpaired) electrons. The number of hydrogen-bond acceptors (Lipinski definition) is 2. The topological polar surface area (TPSA) is 38.1 Å². The van der Waals surface area contributed by atoms with Crippen LogP contribution in [0.5, 0.6) is 0 Å². The summed E-state index contributed by atoms with van der Waals surface area (Å²) in [6.45, 7) is 8.41. The van der Waals surface area contributed by atoms with Crippen molar-refractivity contribution in [2.24, 2.45) is 0 Å². The Balaban J connectivity index is 2.16. The van der Waals surface area contributed by atoms with E-state index in [0.717, 1.165) is 16.9 Å². The SMILES string of the molecule is CC(C)c1ccnn1-c1cccc2c1CC(=O)N2C(C)C. The van der Waals surface area contributed by atoms with Crippen LogP contribution >= 0.6 is 0 Å². The summed E-state index contributed by atoms with van der Waals surface area (Å²) in [5.74, 6) is 0.562. The summed E-state index contributed by atoms with van der Waals surface area (Å²) in [5, 5.41) is 4.47. The Hall–Kier alpha value is -2.10. The molecule has 0 bridgehead atoms. The fourth-order valence-corrected chi connectivity index (χ4v) is 3.06. The molecule has 2 heterocycles. The molecule has 3 rings (SSSR count). The molecule has 0 N–H and O–H groups in total. The Kier molecular flexibility index (Phi) is 3.32. The van der Waals surface area contributed by atoms with Crippen molar-refractivity contribution >= 4 is 11.6 Å². The van der Waals surface area contributed by atoms with Crippen LogP contribution in [0.3, 0.4) is 0 Å². The van der Waals surface area contributed by atoms with Gasteiger partial charge >= 0.3 is 0 Å². The zero-order chi connectivity index (χ0) is 15.1. The molecule has 1 aromatic carbocycles. The van der Waals surface area contributed by atoms with Crippen molar-refractivity contribution in [3.63, 3.8) is 0 Å². The van der Waals surface area contributed by atoms with Gasteiger partial charge in [0.25, 0.3) is 0 Å². The summed E-state index contributed by atoms with van der Waals surface area (Å²) < 4.78 is 1.97. The van der Waals surface area contributed by atoms with Crippen molar-refractivity contribution < 1.29 is 4.79 Å². The Bertz CT molecular complexity index is 685. The van der Waals surface area contributed by atoms with E-state index in [4.69, 9.17) is 0 Å². The van der Waals surface area contributed by atoms with E-state index in [1.165, 1.54) is 5.69 Å². The molecule has 0 spiro atoms. The maximum Gasteiger partial charge on any atom is 0.231 e. The highest BCUT2D eigenvalue weighted by Gasteiger charge is 2.31. The molecule has 1 aromatic heterocycles. The van der Waals surface area contributed by atoms with E-state index in [1.807, 2.05) is 47.8 Å². The number of aromatic nitrogens is 2. The highest BCUT2D eigenvalue weighted by atomic mass is 16.2. The lowest BCUT2D eigenvalue weighted by Gasteiger charge is -2.22. The number of nitrogens with zero attached hydrogens (tertiary/aromatic N) is 3. The van der Waals surface area contributed by atoms with E-state index >= 15 is 0 Å². The number of carbonyl (C=O) groups is 1. The Morgan fingerprint density at radius 3 is 2.48 bits per heavy atom. The number of rotatable bonds is 3. The smallest absolute Gasteiger partial charge is 0.231 e. The molecule has 0 unspecified atom stereocenters. The van der Waals surface area contributed by atoms with Crippen LogP contribution in [0, 0.1) is 0 Å². The standard InChI is InChI=1S/C17H21N3O/c1-11(2)14-8-9-18-20(14)16-7-5-6-15-13(16)10-17(21)19(15)12(3)4/h5-9,11-12H,10H2,1-4H3. The van der Waals surface area contributed by atoms with E-state index in [-0.39, 0.29) is 11.9 Å². The van der Waals surface area contributed by atoms with E-state index in [2.05, 4.69) is 25.0 Å². The second-order valence-electron chi connectivity index (χ2n) is 6.13. The summed E-state index contributed by atoms with van der Waals surface area (Å²) >= 11 is 0. The van der Waals surface area contributed by atoms with Gasteiger partial charge in [0.05, 0.1) is 12.1 Å². The third-order valence-electron chi connectivity index (χ3n) is 3.99. The first-order valence-corrected chi connectivity index (χ1v) is 7.49. The third kappa shape index (κ3) is 2.15. The maximum absolute atomic E-state index is 12.3. The predicted molar refractivity (Wildman–Crippen MR) is 84.0 cm³/mol. The number of amides is 1. The van der Waals surface area contributed by atoms with Gasteiger partial charge in [0.2, 0.25) is 5.91 Å². The summed E-state index contributed by atoms with van der Waals surface area (Å²) in [6, 6.07) is 8.31. The number of anilines is 1. The van der Waals surface area contributed by atoms with Crippen LogP contribution in [0.2, 0.25) is 0 Å². The van der Waals surface area contributed by atoms with Gasteiger partial charge in [-0.05, 0) is 38.0 Å². The first kappa shape index (κ1) is 13.9. The van der Waals surface area contributed by atoms with Crippen molar-refractivity contribution in [1.29, 1.82) is 0 Å². The lowest BCUT2D eigenvalue weighted by atomic mass is 10.1. The molecule has 1 amide bonds. The molecule has 0 saturated heterocycles. The van der Waals surface area contributed by atoms with Crippen LogP contribution in [-0.4, -0.2) is 21.7 Å². The van der Waals surface area contributed by atoms with Gasteiger partial charge in [0.15, 0.2) is 0 Å². The monoisotopic (exact) mass is 283 g/mol. The Morgan fingerprint density at radius 1 is 1.10 bits per heavy atom. The van der Waals surface area contributed by atoms with Crippen molar-refractivity contribution in [2.45, 2.75) is 46.1 Å². The third-order valence-corrected chi connectivity index (χ3v) is 3.99. The first-order chi connectivity index (χ1) is 10.0. The summed E-state index contributed by atoms with van der Waals surface area (Å²) in [4.78, 5) is 14.2. The van der Waals surface area contributed by atoms with Gasteiger partial charge in [-0.15, -0.1) is 0 Å². The molecule has 2 aromatic rings. The van der Waals surface area contributed by atoms with Gasteiger partial charge in [0.1, 0.15) is 0 Å². The van der Waals surface area contributed by atoms with Crippen LogP contribution in [0.4, 0.5) is 5.69 Å². The summed E-state index contributed by atoms with van der Waals surface area (Å²) in [7, 11) is 0. The molecule has 1 aliphatic heterocycles. The van der Waals surface area contributed by atoms with Gasteiger partial charge in [-0.1, -0.05) is 19.9 Å². The molecule has 21 heavy (non-hydrogen) atoms. The second kappa shape index (κ2) is 5.02. The lowest BCUT2D eigenvalue weighted by molar-refractivity contribution is -0.117. The van der Waals surface area contributed by atoms with Crippen LogP contribution in [0.15, 0.2) is 30.5 Å². The zero-order valence-electron chi connectivity index (χ0n) is 13.0. The Morgan fingerprint density at radius 2 is 1.81 bits per heavy atom. The van der Waals surface area contributed by atoms with Crippen LogP contribution in [-0.2, 0) is 11.2 Å². The van der Waals surface area contributed by atoms with Crippen molar-refractivity contribution in [2.75, 3.05) is 4.90 Å². The van der Waals surface area contributed by atoms with E-state index in [0.29, 0.717) is 12.3 Å². The highest BCUT2D eigenvalue weighted by molar-refractivity contribution is 6.03. The van der Waals surface area contributed by atoms with Gasteiger partial charge in [-0.25, -0.2) is 4.68 Å². The highest BCUT2D eigenvalue weighted by Crippen LogP contribution is 2.35. The van der Waals surface area contributed by atoms with Crippen LogP contribution < -0.4 is 4.90 Å². The molecular formula is C17H21N3O. The molecule has 4 heteroatoms. The van der Waals surface area contributed by atoms with E-state index < -0.39 is 0 Å². The van der Waals surface area contributed by atoms with Gasteiger partial charge < -0.3 is 4.90 Å². The van der Waals surface area contributed by atoms with E-state index in [9.17, 15) is 4.79 Å². The van der Waals surface area contributed by atoms with Crippen LogP contribution in [0.1, 0.15) is 44.9 Å². The molecule has 0 atom stereocenters. The van der Waals surface area contributed by atoms with Crippen molar-refractivity contribution in [3.8, 4) is 5.69 Å². The molecule has 0 fully saturated rings. The fraction of sp³-hybridized carbons (Fsp3) is 0.412. The maximum atomic E-state index is 12.3.